The Morgan fingerprint density at radius 3 is 2.54 bits per heavy atom. The summed E-state index contributed by atoms with van der Waals surface area (Å²) < 4.78 is 5.31. The van der Waals surface area contributed by atoms with E-state index >= 15 is 0 Å². The van der Waals surface area contributed by atoms with Crippen LogP contribution in [0.15, 0.2) is 59.2 Å². The van der Waals surface area contributed by atoms with Crippen LogP contribution in [0.5, 0.6) is 0 Å². The van der Waals surface area contributed by atoms with Gasteiger partial charge in [0.25, 0.3) is 5.91 Å². The third-order valence-corrected chi connectivity index (χ3v) is 4.79. The molecule has 3 aromatic rings. The molecule has 2 aromatic heterocycles. The van der Waals surface area contributed by atoms with Crippen LogP contribution in [0, 0.1) is 5.92 Å². The number of amides is 1. The first-order valence-electron chi connectivity index (χ1n) is 8.70. The molecule has 6 nitrogen and oxygen atoms in total. The number of furan rings is 1. The number of nitrogens with zero attached hydrogens (tertiary/aromatic N) is 2. The molecule has 4 rings (SSSR count). The topological polar surface area (TPSA) is 79.2 Å². The number of likely N-dealkylation sites (tertiary alicyclic amines) is 1. The number of H-pyrrole nitrogens is 1. The molecule has 1 N–H and O–H groups in total. The van der Waals surface area contributed by atoms with Crippen LogP contribution in [0.4, 0.5) is 0 Å². The lowest BCUT2D eigenvalue weighted by Gasteiger charge is -2.30. The molecular formula is C20H19N3O3. The number of hydrogen-bond acceptors (Lipinski definition) is 4. The predicted molar refractivity (Wildman–Crippen MR) is 95.7 cm³/mol. The Balaban J connectivity index is 1.39. The average molecular weight is 349 g/mol. The van der Waals surface area contributed by atoms with E-state index in [-0.39, 0.29) is 17.6 Å². The normalized spacial score (nSPS) is 15.2. The van der Waals surface area contributed by atoms with Crippen molar-refractivity contribution in [3.63, 3.8) is 0 Å². The lowest BCUT2D eigenvalue weighted by molar-refractivity contribution is 0.0645. The van der Waals surface area contributed by atoms with Crippen molar-refractivity contribution in [1.82, 2.24) is 15.1 Å². The number of hydrogen-bond donors (Lipinski definition) is 1. The van der Waals surface area contributed by atoms with E-state index in [2.05, 4.69) is 10.2 Å². The highest BCUT2D eigenvalue weighted by atomic mass is 16.3. The van der Waals surface area contributed by atoms with Crippen LogP contribution in [-0.2, 0) is 0 Å². The van der Waals surface area contributed by atoms with Crippen LogP contribution in [0.3, 0.4) is 0 Å². The number of ketones is 1. The summed E-state index contributed by atoms with van der Waals surface area (Å²) in [6, 6.07) is 14.6. The summed E-state index contributed by atoms with van der Waals surface area (Å²) in [6.45, 7) is 1.12. The van der Waals surface area contributed by atoms with E-state index in [1.165, 1.54) is 0 Å². The quantitative estimate of drug-likeness (QED) is 0.732. The first kappa shape index (κ1) is 16.3. The largest absolute Gasteiger partial charge is 0.463 e. The van der Waals surface area contributed by atoms with Gasteiger partial charge in [0.15, 0.2) is 17.2 Å². The molecule has 0 bridgehead atoms. The average Bonchev–Trinajstić information content (AvgIpc) is 3.39. The fourth-order valence-electron chi connectivity index (χ4n) is 3.33. The van der Waals surface area contributed by atoms with Crippen molar-refractivity contribution in [2.24, 2.45) is 5.92 Å². The fourth-order valence-corrected chi connectivity index (χ4v) is 3.33. The Labute approximate surface area is 150 Å². The highest BCUT2D eigenvalue weighted by molar-refractivity contribution is 5.98. The molecular weight excluding hydrogens is 330 g/mol. The summed E-state index contributed by atoms with van der Waals surface area (Å²) in [6.07, 6.45) is 2.93. The summed E-state index contributed by atoms with van der Waals surface area (Å²) in [5.74, 6) is 0.658. The SMILES string of the molecule is O=C(c1ccccc1)C1CCN(C(=O)c2cc(-c3ccco3)[nH]n2)CC1. The molecule has 0 spiro atoms. The van der Waals surface area contributed by atoms with Gasteiger partial charge in [-0.2, -0.15) is 5.10 Å². The van der Waals surface area contributed by atoms with Crippen molar-refractivity contribution in [2.75, 3.05) is 13.1 Å². The molecule has 1 aromatic carbocycles. The summed E-state index contributed by atoms with van der Waals surface area (Å²) in [5.41, 5.74) is 1.78. The minimum absolute atomic E-state index is 0.0284. The van der Waals surface area contributed by atoms with Crippen molar-refractivity contribution in [1.29, 1.82) is 0 Å². The molecule has 0 aliphatic carbocycles. The second-order valence-corrected chi connectivity index (χ2v) is 6.44. The number of carbonyl (C=O) groups excluding carboxylic acids is 2. The van der Waals surface area contributed by atoms with Gasteiger partial charge in [0.05, 0.1) is 6.26 Å². The van der Waals surface area contributed by atoms with Crippen LogP contribution in [0.1, 0.15) is 33.7 Å². The van der Waals surface area contributed by atoms with E-state index in [1.807, 2.05) is 36.4 Å². The number of rotatable bonds is 4. The summed E-state index contributed by atoms with van der Waals surface area (Å²) >= 11 is 0. The van der Waals surface area contributed by atoms with Gasteiger partial charge in [0, 0.05) is 30.6 Å². The van der Waals surface area contributed by atoms with Crippen molar-refractivity contribution in [3.05, 3.63) is 66.1 Å². The van der Waals surface area contributed by atoms with Crippen LogP contribution in [0.25, 0.3) is 11.5 Å². The number of carbonyl (C=O) groups is 2. The van der Waals surface area contributed by atoms with E-state index in [0.717, 1.165) is 5.56 Å². The van der Waals surface area contributed by atoms with Gasteiger partial charge in [0.1, 0.15) is 5.69 Å². The van der Waals surface area contributed by atoms with Crippen molar-refractivity contribution < 1.29 is 14.0 Å². The Hall–Kier alpha value is -3.15. The zero-order valence-corrected chi connectivity index (χ0v) is 14.2. The number of aromatic nitrogens is 2. The molecule has 0 saturated carbocycles. The maximum absolute atomic E-state index is 12.7. The number of Topliss-reactive ketones (excluding diaryl/α,β-unsaturated/α-hetero) is 1. The van der Waals surface area contributed by atoms with E-state index in [1.54, 1.807) is 23.3 Å². The first-order chi connectivity index (χ1) is 12.7. The zero-order valence-electron chi connectivity index (χ0n) is 14.2. The summed E-state index contributed by atoms with van der Waals surface area (Å²) in [4.78, 5) is 27.0. The molecule has 3 heterocycles. The van der Waals surface area contributed by atoms with E-state index in [9.17, 15) is 9.59 Å². The third-order valence-electron chi connectivity index (χ3n) is 4.79. The highest BCUT2D eigenvalue weighted by Gasteiger charge is 2.29. The van der Waals surface area contributed by atoms with Gasteiger partial charge >= 0.3 is 0 Å². The minimum Gasteiger partial charge on any atom is -0.463 e. The van der Waals surface area contributed by atoms with E-state index in [4.69, 9.17) is 4.42 Å². The molecule has 1 aliphatic heterocycles. The van der Waals surface area contributed by atoms with Gasteiger partial charge < -0.3 is 9.32 Å². The molecule has 1 saturated heterocycles. The standard InChI is InChI=1S/C20H19N3O3/c24-19(14-5-2-1-3-6-14)15-8-10-23(11-9-15)20(25)17-13-16(21-22-17)18-7-4-12-26-18/h1-7,12-13,15H,8-11H2,(H,21,22). The van der Waals surface area contributed by atoms with E-state index < -0.39 is 0 Å². The molecule has 1 amide bonds. The summed E-state index contributed by atoms with van der Waals surface area (Å²) in [5, 5.41) is 6.94. The smallest absolute Gasteiger partial charge is 0.274 e. The lowest BCUT2D eigenvalue weighted by Crippen LogP contribution is -2.40. The molecule has 1 aliphatic rings. The van der Waals surface area contributed by atoms with Gasteiger partial charge in [0.2, 0.25) is 0 Å². The highest BCUT2D eigenvalue weighted by Crippen LogP contribution is 2.24. The van der Waals surface area contributed by atoms with Crippen LogP contribution < -0.4 is 0 Å². The van der Waals surface area contributed by atoms with Crippen LogP contribution in [0.2, 0.25) is 0 Å². The van der Waals surface area contributed by atoms with Crippen molar-refractivity contribution in [2.45, 2.75) is 12.8 Å². The number of nitrogens with one attached hydrogen (secondary N) is 1. The van der Waals surface area contributed by atoms with Gasteiger partial charge in [-0.25, -0.2) is 0 Å². The first-order valence-corrected chi connectivity index (χ1v) is 8.70. The Bertz CT molecular complexity index is 892. The maximum atomic E-state index is 12.7. The third kappa shape index (κ3) is 3.18. The van der Waals surface area contributed by atoms with Gasteiger partial charge in [-0.15, -0.1) is 0 Å². The number of piperidine rings is 1. The predicted octanol–water partition coefficient (Wildman–Crippen LogP) is 3.40. The number of benzene rings is 1. The van der Waals surface area contributed by atoms with Gasteiger partial charge in [-0.05, 0) is 25.0 Å². The molecule has 0 radical (unpaired) electrons. The number of aromatic amines is 1. The Morgan fingerprint density at radius 2 is 1.85 bits per heavy atom. The molecule has 132 valence electrons. The van der Waals surface area contributed by atoms with E-state index in [0.29, 0.717) is 43.1 Å². The molecule has 26 heavy (non-hydrogen) atoms. The second kappa shape index (κ2) is 7.00. The fraction of sp³-hybridized carbons (Fsp3) is 0.250. The Kier molecular flexibility index (Phi) is 4.39. The van der Waals surface area contributed by atoms with Crippen molar-refractivity contribution >= 4 is 11.7 Å². The van der Waals surface area contributed by atoms with Gasteiger partial charge in [-0.1, -0.05) is 30.3 Å². The molecule has 1 fully saturated rings. The summed E-state index contributed by atoms with van der Waals surface area (Å²) in [7, 11) is 0. The molecule has 0 unspecified atom stereocenters. The second-order valence-electron chi connectivity index (χ2n) is 6.44. The molecule has 0 atom stereocenters. The van der Waals surface area contributed by atoms with Crippen molar-refractivity contribution in [3.8, 4) is 11.5 Å². The molecule has 6 heteroatoms. The monoisotopic (exact) mass is 349 g/mol. The van der Waals surface area contributed by atoms with Crippen LogP contribution in [-0.4, -0.2) is 39.9 Å². The minimum atomic E-state index is -0.121. The maximum Gasteiger partial charge on any atom is 0.274 e. The van der Waals surface area contributed by atoms with Crippen LogP contribution >= 0.6 is 0 Å². The Morgan fingerprint density at radius 1 is 1.08 bits per heavy atom. The van der Waals surface area contributed by atoms with Gasteiger partial charge in [-0.3, -0.25) is 14.7 Å². The lowest BCUT2D eigenvalue weighted by atomic mass is 9.89. The zero-order chi connectivity index (χ0) is 17.9.